The molecule has 1 heterocycles. The molecule has 7 nitrogen and oxygen atoms in total. The van der Waals surface area contributed by atoms with E-state index in [-0.39, 0.29) is 12.5 Å². The van der Waals surface area contributed by atoms with E-state index in [1.54, 1.807) is 13.1 Å². The molecule has 2 N–H and O–H groups in total. The minimum absolute atomic E-state index is 0.0694. The average Bonchev–Trinajstić information content (AvgIpc) is 3.01. The van der Waals surface area contributed by atoms with Crippen LogP contribution in [0.25, 0.3) is 11.3 Å². The first-order chi connectivity index (χ1) is 11.0. The van der Waals surface area contributed by atoms with Crippen molar-refractivity contribution in [2.45, 2.75) is 32.9 Å². The van der Waals surface area contributed by atoms with Crippen molar-refractivity contribution in [3.05, 3.63) is 36.5 Å². The number of nitrogens with zero attached hydrogens (tertiary/aromatic N) is 3. The topological polar surface area (TPSA) is 97.1 Å². The molecule has 0 saturated carbocycles. The highest BCUT2D eigenvalue weighted by Gasteiger charge is 2.25. The van der Waals surface area contributed by atoms with Gasteiger partial charge in [0.2, 0.25) is 5.91 Å². The van der Waals surface area contributed by atoms with E-state index >= 15 is 0 Å². The molecule has 23 heavy (non-hydrogen) atoms. The normalized spacial score (nSPS) is 13.3. The van der Waals surface area contributed by atoms with E-state index in [4.69, 9.17) is 0 Å². The number of carboxylic acid groups (broad SMARTS) is 1. The van der Waals surface area contributed by atoms with E-state index in [1.807, 2.05) is 37.3 Å². The van der Waals surface area contributed by atoms with Crippen molar-refractivity contribution in [1.82, 2.24) is 20.3 Å². The second kappa shape index (κ2) is 7.53. The third-order valence-corrected chi connectivity index (χ3v) is 3.71. The Morgan fingerprint density at radius 2 is 2.00 bits per heavy atom. The van der Waals surface area contributed by atoms with Gasteiger partial charge in [-0.3, -0.25) is 4.79 Å². The Bertz CT molecular complexity index is 669. The van der Waals surface area contributed by atoms with Crippen LogP contribution < -0.4 is 5.32 Å². The Morgan fingerprint density at radius 1 is 1.30 bits per heavy atom. The Balaban J connectivity index is 2.01. The van der Waals surface area contributed by atoms with Crippen LogP contribution in [0.5, 0.6) is 0 Å². The van der Waals surface area contributed by atoms with Crippen molar-refractivity contribution in [1.29, 1.82) is 0 Å². The van der Waals surface area contributed by atoms with Crippen LogP contribution in [0.2, 0.25) is 0 Å². The Morgan fingerprint density at radius 3 is 2.61 bits per heavy atom. The van der Waals surface area contributed by atoms with Crippen molar-refractivity contribution < 1.29 is 14.7 Å². The molecule has 0 radical (unpaired) electrons. The van der Waals surface area contributed by atoms with E-state index in [1.165, 1.54) is 4.68 Å². The van der Waals surface area contributed by atoms with Crippen LogP contribution >= 0.6 is 0 Å². The summed E-state index contributed by atoms with van der Waals surface area (Å²) in [5, 5.41) is 19.7. The predicted octanol–water partition coefficient (Wildman–Crippen LogP) is 1.56. The molecule has 0 saturated heterocycles. The summed E-state index contributed by atoms with van der Waals surface area (Å²) >= 11 is 0. The summed E-state index contributed by atoms with van der Waals surface area (Å²) in [6, 6.07) is 8.59. The van der Waals surface area contributed by atoms with Gasteiger partial charge in [-0.2, -0.15) is 0 Å². The minimum atomic E-state index is -1.03. The van der Waals surface area contributed by atoms with E-state index in [2.05, 4.69) is 15.6 Å². The Kier molecular flexibility index (Phi) is 5.46. The number of carbonyl (C=O) groups is 2. The molecule has 122 valence electrons. The van der Waals surface area contributed by atoms with Gasteiger partial charge >= 0.3 is 5.97 Å². The standard InChI is InChI=1S/C16H20N4O3/c1-3-11(2)15(16(22)23)17-14(21)10-20-9-13(18-19-20)12-7-5-4-6-8-12/h4-9,11,15H,3,10H2,1-2H3,(H,17,21)(H,22,23)/t11-,15-/m0/s1. The van der Waals surface area contributed by atoms with Crippen LogP contribution in [0, 0.1) is 5.92 Å². The van der Waals surface area contributed by atoms with Gasteiger partial charge in [0.15, 0.2) is 0 Å². The van der Waals surface area contributed by atoms with Gasteiger partial charge in [0.1, 0.15) is 18.3 Å². The molecule has 2 aromatic rings. The van der Waals surface area contributed by atoms with E-state index in [9.17, 15) is 14.7 Å². The monoisotopic (exact) mass is 316 g/mol. The number of carbonyl (C=O) groups excluding carboxylic acids is 1. The van der Waals surface area contributed by atoms with Gasteiger partial charge in [-0.15, -0.1) is 5.10 Å². The summed E-state index contributed by atoms with van der Waals surface area (Å²) in [6.45, 7) is 3.61. The number of hydrogen-bond donors (Lipinski definition) is 2. The molecule has 2 rings (SSSR count). The van der Waals surface area contributed by atoms with Gasteiger partial charge < -0.3 is 10.4 Å². The maximum absolute atomic E-state index is 12.0. The number of carboxylic acids is 1. The summed E-state index contributed by atoms with van der Waals surface area (Å²) < 4.78 is 1.40. The maximum atomic E-state index is 12.0. The van der Waals surface area contributed by atoms with Crippen molar-refractivity contribution in [2.75, 3.05) is 0 Å². The SMILES string of the molecule is CC[C@H](C)[C@H](NC(=O)Cn1cc(-c2ccccc2)nn1)C(=O)O. The number of benzene rings is 1. The predicted molar refractivity (Wildman–Crippen MR) is 84.5 cm³/mol. The summed E-state index contributed by atoms with van der Waals surface area (Å²) in [4.78, 5) is 23.3. The summed E-state index contributed by atoms with van der Waals surface area (Å²) in [5.74, 6) is -1.58. The maximum Gasteiger partial charge on any atom is 0.326 e. The molecule has 0 spiro atoms. The lowest BCUT2D eigenvalue weighted by Gasteiger charge is -2.19. The van der Waals surface area contributed by atoms with Crippen LogP contribution in [-0.2, 0) is 16.1 Å². The fraction of sp³-hybridized carbons (Fsp3) is 0.375. The zero-order valence-corrected chi connectivity index (χ0v) is 13.1. The third kappa shape index (κ3) is 4.38. The van der Waals surface area contributed by atoms with Crippen LogP contribution in [-0.4, -0.2) is 38.0 Å². The van der Waals surface area contributed by atoms with Crippen LogP contribution in [0.1, 0.15) is 20.3 Å². The number of amides is 1. The third-order valence-electron chi connectivity index (χ3n) is 3.71. The largest absolute Gasteiger partial charge is 0.480 e. The number of hydrogen-bond acceptors (Lipinski definition) is 4. The Hall–Kier alpha value is -2.70. The van der Waals surface area contributed by atoms with E-state index < -0.39 is 17.9 Å². The van der Waals surface area contributed by atoms with Gasteiger partial charge in [0.05, 0.1) is 6.20 Å². The van der Waals surface area contributed by atoms with E-state index in [0.29, 0.717) is 12.1 Å². The van der Waals surface area contributed by atoms with Crippen LogP contribution in [0.4, 0.5) is 0 Å². The van der Waals surface area contributed by atoms with Crippen LogP contribution in [0.3, 0.4) is 0 Å². The summed E-state index contributed by atoms with van der Waals surface area (Å²) in [6.07, 6.45) is 2.33. The zero-order chi connectivity index (χ0) is 16.8. The molecule has 1 amide bonds. The smallest absolute Gasteiger partial charge is 0.326 e. The highest BCUT2D eigenvalue weighted by molar-refractivity contribution is 5.83. The molecule has 0 unspecified atom stereocenters. The van der Waals surface area contributed by atoms with Gasteiger partial charge in [-0.05, 0) is 5.92 Å². The van der Waals surface area contributed by atoms with Gasteiger partial charge in [0, 0.05) is 5.56 Å². The quantitative estimate of drug-likeness (QED) is 0.808. The molecule has 0 aliphatic rings. The van der Waals surface area contributed by atoms with Gasteiger partial charge in [-0.25, -0.2) is 9.48 Å². The molecular formula is C16H20N4O3. The second-order valence-electron chi connectivity index (χ2n) is 5.44. The number of nitrogens with one attached hydrogen (secondary N) is 1. The fourth-order valence-corrected chi connectivity index (χ4v) is 2.17. The van der Waals surface area contributed by atoms with Crippen molar-refractivity contribution >= 4 is 11.9 Å². The average molecular weight is 316 g/mol. The molecule has 1 aromatic heterocycles. The molecule has 1 aromatic carbocycles. The summed E-state index contributed by atoms with van der Waals surface area (Å²) in [7, 11) is 0. The Labute approximate surface area is 134 Å². The lowest BCUT2D eigenvalue weighted by Crippen LogP contribution is -2.46. The number of rotatable bonds is 7. The van der Waals surface area contributed by atoms with Crippen LogP contribution in [0.15, 0.2) is 36.5 Å². The number of aliphatic carboxylic acids is 1. The molecule has 2 atom stereocenters. The summed E-state index contributed by atoms with van der Waals surface area (Å²) in [5.41, 5.74) is 1.57. The first-order valence-electron chi connectivity index (χ1n) is 7.49. The lowest BCUT2D eigenvalue weighted by atomic mass is 9.99. The first kappa shape index (κ1) is 16.7. The van der Waals surface area contributed by atoms with Crippen molar-refractivity contribution in [3.63, 3.8) is 0 Å². The number of aromatic nitrogens is 3. The van der Waals surface area contributed by atoms with Gasteiger partial charge in [0.25, 0.3) is 0 Å². The van der Waals surface area contributed by atoms with Crippen molar-refractivity contribution in [2.24, 2.45) is 5.92 Å². The molecule has 0 aliphatic carbocycles. The molecule has 0 fully saturated rings. The molecular weight excluding hydrogens is 296 g/mol. The highest BCUT2D eigenvalue weighted by atomic mass is 16.4. The van der Waals surface area contributed by atoms with E-state index in [0.717, 1.165) is 5.56 Å². The zero-order valence-electron chi connectivity index (χ0n) is 13.1. The molecule has 7 heteroatoms. The fourth-order valence-electron chi connectivity index (χ4n) is 2.17. The second-order valence-corrected chi connectivity index (χ2v) is 5.44. The first-order valence-corrected chi connectivity index (χ1v) is 7.49. The van der Waals surface area contributed by atoms with Gasteiger partial charge in [-0.1, -0.05) is 55.8 Å². The lowest BCUT2D eigenvalue weighted by molar-refractivity contribution is -0.143. The molecule has 0 aliphatic heterocycles. The minimum Gasteiger partial charge on any atom is -0.480 e. The molecule has 0 bridgehead atoms. The van der Waals surface area contributed by atoms with Crippen molar-refractivity contribution in [3.8, 4) is 11.3 Å². The highest BCUT2D eigenvalue weighted by Crippen LogP contribution is 2.14.